The number of esters is 1. The van der Waals surface area contributed by atoms with Gasteiger partial charge in [0, 0.05) is 32.3 Å². The fourth-order valence-electron chi connectivity index (χ4n) is 6.77. The van der Waals surface area contributed by atoms with Crippen molar-refractivity contribution in [2.45, 2.75) is 116 Å². The number of aliphatic hydroxyl groups is 1. The summed E-state index contributed by atoms with van der Waals surface area (Å²) in [5.41, 5.74) is 0.783. The molecule has 2 bridgehead atoms. The predicted octanol–water partition coefficient (Wildman–Crippen LogP) is 6.30. The maximum Gasteiger partial charge on any atom is 0.316 e. The summed E-state index contributed by atoms with van der Waals surface area (Å²) in [5, 5.41) is 12.1. The van der Waals surface area contributed by atoms with Crippen molar-refractivity contribution in [3.63, 3.8) is 0 Å². The van der Waals surface area contributed by atoms with E-state index in [4.69, 9.17) is 18.9 Å². The highest BCUT2D eigenvalue weighted by molar-refractivity contribution is 5.77. The third-order valence-electron chi connectivity index (χ3n) is 10.1. The molecule has 2 fully saturated rings. The smallest absolute Gasteiger partial charge is 0.316 e. The van der Waals surface area contributed by atoms with Crippen molar-refractivity contribution >= 4 is 5.97 Å². The van der Waals surface area contributed by atoms with E-state index in [1.54, 1.807) is 13.2 Å². The number of rotatable bonds is 1. The molecule has 2 saturated heterocycles. The molecule has 0 radical (unpaired) electrons. The predicted molar refractivity (Wildman–Crippen MR) is 153 cm³/mol. The first-order valence-electron chi connectivity index (χ1n) is 14.9. The number of fused-ring (bicyclic) bond motifs is 3. The zero-order chi connectivity index (χ0) is 28.5. The summed E-state index contributed by atoms with van der Waals surface area (Å²) >= 11 is 0. The van der Waals surface area contributed by atoms with Gasteiger partial charge in [0.15, 0.2) is 5.79 Å². The second kappa shape index (κ2) is 12.0. The molecule has 4 rings (SSSR count). The number of carbonyl (C=O) groups is 1. The molecule has 0 aromatic carbocycles. The minimum absolute atomic E-state index is 0.0511. The minimum atomic E-state index is -1.54. The van der Waals surface area contributed by atoms with Crippen LogP contribution in [0, 0.1) is 29.6 Å². The van der Waals surface area contributed by atoms with Crippen LogP contribution in [0.1, 0.15) is 80.6 Å². The molecule has 218 valence electrons. The Balaban J connectivity index is 1.74. The van der Waals surface area contributed by atoms with E-state index in [9.17, 15) is 9.90 Å². The number of ether oxygens (including phenoxy) is 4. The minimum Gasteiger partial charge on any atom is -0.462 e. The lowest BCUT2D eigenvalue weighted by Crippen LogP contribution is -2.57. The van der Waals surface area contributed by atoms with Gasteiger partial charge in [0.1, 0.15) is 17.6 Å². The Labute approximate surface area is 235 Å². The van der Waals surface area contributed by atoms with E-state index in [1.807, 2.05) is 32.1 Å². The quantitative estimate of drug-likeness (QED) is 0.310. The Bertz CT molecular complexity index is 1010. The number of methoxy groups -OCH3 is 1. The Kier molecular flexibility index (Phi) is 9.32. The lowest BCUT2D eigenvalue weighted by atomic mass is 9.70. The van der Waals surface area contributed by atoms with Crippen LogP contribution < -0.4 is 0 Å². The van der Waals surface area contributed by atoms with E-state index in [-0.39, 0.29) is 24.2 Å². The van der Waals surface area contributed by atoms with Gasteiger partial charge in [-0.15, -0.1) is 0 Å². The highest BCUT2D eigenvalue weighted by Gasteiger charge is 2.53. The van der Waals surface area contributed by atoms with Crippen LogP contribution in [0.5, 0.6) is 0 Å². The number of hydrogen-bond acceptors (Lipinski definition) is 6. The summed E-state index contributed by atoms with van der Waals surface area (Å²) in [4.78, 5) is 13.9. The normalized spacial score (nSPS) is 48.7. The molecule has 3 heterocycles. The van der Waals surface area contributed by atoms with Gasteiger partial charge in [-0.2, -0.15) is 0 Å². The van der Waals surface area contributed by atoms with Gasteiger partial charge in [-0.1, -0.05) is 69.2 Å². The van der Waals surface area contributed by atoms with Crippen LogP contribution >= 0.6 is 0 Å². The van der Waals surface area contributed by atoms with Crippen molar-refractivity contribution in [3.05, 3.63) is 47.6 Å². The molecule has 11 unspecified atom stereocenters. The van der Waals surface area contributed by atoms with Crippen LogP contribution in [0.15, 0.2) is 47.6 Å². The second-order valence-corrected chi connectivity index (χ2v) is 12.8. The third kappa shape index (κ3) is 6.29. The zero-order valence-electron chi connectivity index (χ0n) is 25.2. The zero-order valence-corrected chi connectivity index (χ0v) is 25.2. The Morgan fingerprint density at radius 3 is 2.44 bits per heavy atom. The van der Waals surface area contributed by atoms with Crippen LogP contribution in [0.2, 0.25) is 0 Å². The van der Waals surface area contributed by atoms with Crippen LogP contribution in [0.4, 0.5) is 0 Å². The lowest BCUT2D eigenvalue weighted by molar-refractivity contribution is -0.332. The maximum absolute atomic E-state index is 13.9. The molecule has 1 aliphatic carbocycles. The number of carbonyl (C=O) groups excluding carboxylic acids is 1. The highest BCUT2D eigenvalue weighted by Crippen LogP contribution is 2.44. The van der Waals surface area contributed by atoms with Gasteiger partial charge in [-0.05, 0) is 57.4 Å². The summed E-state index contributed by atoms with van der Waals surface area (Å²) in [6, 6.07) is 0. The first kappa shape index (κ1) is 30.2. The topological polar surface area (TPSA) is 74.2 Å². The molecule has 11 atom stereocenters. The largest absolute Gasteiger partial charge is 0.462 e. The Morgan fingerprint density at radius 2 is 1.74 bits per heavy atom. The first-order valence-corrected chi connectivity index (χ1v) is 14.9. The van der Waals surface area contributed by atoms with Crippen LogP contribution in [-0.2, 0) is 23.7 Å². The number of allylic oxidation sites excluding steroid dienone is 4. The van der Waals surface area contributed by atoms with Gasteiger partial charge in [0.2, 0.25) is 0 Å². The van der Waals surface area contributed by atoms with Crippen molar-refractivity contribution in [1.29, 1.82) is 0 Å². The summed E-state index contributed by atoms with van der Waals surface area (Å²) in [7, 11) is 1.59. The molecule has 1 spiro atoms. The Morgan fingerprint density at radius 1 is 1.00 bits per heavy atom. The van der Waals surface area contributed by atoms with Gasteiger partial charge in [0.25, 0.3) is 0 Å². The van der Waals surface area contributed by atoms with Crippen molar-refractivity contribution in [2.75, 3.05) is 7.11 Å². The van der Waals surface area contributed by atoms with Crippen LogP contribution in [-0.4, -0.2) is 54.0 Å². The molecule has 1 N–H and O–H groups in total. The van der Waals surface area contributed by atoms with Gasteiger partial charge in [-0.3, -0.25) is 4.79 Å². The maximum atomic E-state index is 13.9. The third-order valence-corrected chi connectivity index (χ3v) is 10.1. The highest BCUT2D eigenvalue weighted by atomic mass is 16.7. The van der Waals surface area contributed by atoms with Gasteiger partial charge in [0.05, 0.1) is 18.3 Å². The first-order chi connectivity index (χ1) is 18.4. The van der Waals surface area contributed by atoms with Crippen molar-refractivity contribution < 1.29 is 28.8 Å². The van der Waals surface area contributed by atoms with E-state index in [0.717, 1.165) is 24.8 Å². The Hall–Kier alpha value is -1.73. The van der Waals surface area contributed by atoms with Gasteiger partial charge in [-0.25, -0.2) is 0 Å². The van der Waals surface area contributed by atoms with Crippen LogP contribution in [0.3, 0.4) is 0 Å². The van der Waals surface area contributed by atoms with Gasteiger partial charge < -0.3 is 24.1 Å². The molecule has 0 saturated carbocycles. The fraction of sp³-hybridized carbons (Fsp3) is 0.727. The monoisotopic (exact) mass is 542 g/mol. The van der Waals surface area contributed by atoms with E-state index in [1.165, 1.54) is 5.57 Å². The van der Waals surface area contributed by atoms with E-state index < -0.39 is 29.4 Å². The van der Waals surface area contributed by atoms with Gasteiger partial charge >= 0.3 is 5.97 Å². The fourth-order valence-corrected chi connectivity index (χ4v) is 6.77. The molecule has 0 aromatic rings. The molecular weight excluding hydrogens is 492 g/mol. The lowest BCUT2D eigenvalue weighted by Gasteiger charge is -2.49. The van der Waals surface area contributed by atoms with Crippen molar-refractivity contribution in [1.82, 2.24) is 0 Å². The molecule has 3 aliphatic heterocycles. The summed E-state index contributed by atoms with van der Waals surface area (Å²) < 4.78 is 25.3. The van der Waals surface area contributed by atoms with E-state index >= 15 is 0 Å². The van der Waals surface area contributed by atoms with E-state index in [2.05, 4.69) is 46.8 Å². The number of hydrogen-bond donors (Lipinski definition) is 1. The average Bonchev–Trinajstić information content (AvgIpc) is 2.89. The average molecular weight is 543 g/mol. The summed E-state index contributed by atoms with van der Waals surface area (Å²) in [6.07, 6.45) is 14.5. The molecule has 39 heavy (non-hydrogen) atoms. The summed E-state index contributed by atoms with van der Waals surface area (Å²) in [6.45, 7) is 15.0. The molecule has 4 aliphatic rings. The van der Waals surface area contributed by atoms with Crippen molar-refractivity contribution in [2.24, 2.45) is 29.6 Å². The molecule has 0 amide bonds. The summed E-state index contributed by atoms with van der Waals surface area (Å²) in [5.74, 6) is -1.01. The molecule has 6 nitrogen and oxygen atoms in total. The van der Waals surface area contributed by atoms with E-state index in [0.29, 0.717) is 30.6 Å². The SMILES string of the molecule is COC1C(C)C(C)=CC2C(=O)OC3CC(C/C=C(\C)C(C)C(C)/C=C/C=C/C21O)OC1(CCC(C)C(C)O1)C3. The van der Waals surface area contributed by atoms with Crippen molar-refractivity contribution in [3.8, 4) is 0 Å². The second-order valence-electron chi connectivity index (χ2n) is 12.8. The van der Waals surface area contributed by atoms with Crippen LogP contribution in [0.25, 0.3) is 0 Å². The molecule has 6 heteroatoms. The molecule has 0 aromatic heterocycles. The molecular formula is C33H50O6. The standard InChI is InChI=1S/C33H50O6/c1-20-11-9-10-15-33(35)29(17-23(4)25(6)30(33)36-8)31(34)37-28-18-27(13-12-21(2)24(20)5)39-32(19-28)16-14-22(3)26(7)38-32/h9-12,15,17,20,22,24-30,35H,13-14,16,18-19H2,1-8H3/b11-9+,15-10+,21-12+.